The van der Waals surface area contributed by atoms with Gasteiger partial charge in [-0.15, -0.1) is 0 Å². The van der Waals surface area contributed by atoms with Gasteiger partial charge in [-0.2, -0.15) is 0 Å². The Balaban J connectivity index is 2.10. The van der Waals surface area contributed by atoms with E-state index in [-0.39, 0.29) is 16.4 Å². The van der Waals surface area contributed by atoms with Crippen LogP contribution < -0.4 is 10.0 Å². The van der Waals surface area contributed by atoms with E-state index in [2.05, 4.69) is 10.0 Å². The first kappa shape index (κ1) is 15.0. The molecule has 0 radical (unpaired) electrons. The van der Waals surface area contributed by atoms with Crippen molar-refractivity contribution in [2.75, 3.05) is 20.3 Å². The van der Waals surface area contributed by atoms with E-state index in [0.29, 0.717) is 26.1 Å². The third-order valence-electron chi connectivity index (χ3n) is 3.35. The highest BCUT2D eigenvalue weighted by molar-refractivity contribution is 7.89. The van der Waals surface area contributed by atoms with Gasteiger partial charge in [0.05, 0.1) is 0 Å². The Morgan fingerprint density at radius 3 is 2.55 bits per heavy atom. The molecule has 7 nitrogen and oxygen atoms in total. The second-order valence-electron chi connectivity index (χ2n) is 4.95. The van der Waals surface area contributed by atoms with Crippen LogP contribution in [0.25, 0.3) is 0 Å². The minimum atomic E-state index is -3.68. The van der Waals surface area contributed by atoms with Crippen molar-refractivity contribution in [2.45, 2.75) is 30.4 Å². The molecule has 0 aromatic carbocycles. The predicted octanol–water partition coefficient (Wildman–Crippen LogP) is 0.487. The van der Waals surface area contributed by atoms with Crippen molar-refractivity contribution < 1.29 is 22.4 Å². The molecule has 0 bridgehead atoms. The Morgan fingerprint density at radius 1 is 1.30 bits per heavy atom. The number of hydrogen-bond donors (Lipinski definition) is 2. The standard InChI is InChI=1S/C12H18N2O5S/c1-12(5-7-18-8-6-12)14-11(15)9-3-4-10(19-9)20(16,17)13-2/h3-4,13H,5-8H2,1-2H3,(H,14,15). The summed E-state index contributed by atoms with van der Waals surface area (Å²) in [5, 5.41) is 2.59. The number of nitrogens with one attached hydrogen (secondary N) is 2. The van der Waals surface area contributed by atoms with E-state index >= 15 is 0 Å². The summed E-state index contributed by atoms with van der Waals surface area (Å²) in [7, 11) is -2.40. The van der Waals surface area contributed by atoms with Crippen molar-refractivity contribution in [1.82, 2.24) is 10.0 Å². The van der Waals surface area contributed by atoms with E-state index in [0.717, 1.165) is 0 Å². The van der Waals surface area contributed by atoms with Gasteiger partial charge >= 0.3 is 0 Å². The largest absolute Gasteiger partial charge is 0.438 e. The first-order valence-corrected chi connectivity index (χ1v) is 7.78. The lowest BCUT2D eigenvalue weighted by Gasteiger charge is -2.34. The summed E-state index contributed by atoms with van der Waals surface area (Å²) in [6, 6.07) is 2.61. The van der Waals surface area contributed by atoms with Crippen LogP contribution in [0.2, 0.25) is 0 Å². The Bertz CT molecular complexity index is 587. The molecule has 1 fully saturated rings. The highest BCUT2D eigenvalue weighted by Gasteiger charge is 2.30. The van der Waals surface area contributed by atoms with E-state index in [1.807, 2.05) is 6.92 Å². The van der Waals surface area contributed by atoms with Gasteiger partial charge in [-0.3, -0.25) is 4.79 Å². The van der Waals surface area contributed by atoms with Crippen molar-refractivity contribution in [3.63, 3.8) is 0 Å². The van der Waals surface area contributed by atoms with Crippen LogP contribution >= 0.6 is 0 Å². The van der Waals surface area contributed by atoms with Crippen molar-refractivity contribution in [3.05, 3.63) is 17.9 Å². The molecule has 112 valence electrons. The summed E-state index contributed by atoms with van der Waals surface area (Å²) in [6.45, 7) is 3.12. The first-order valence-electron chi connectivity index (χ1n) is 6.30. The van der Waals surface area contributed by atoms with Crippen LogP contribution in [0.15, 0.2) is 21.6 Å². The maximum atomic E-state index is 12.1. The molecule has 2 heterocycles. The van der Waals surface area contributed by atoms with E-state index < -0.39 is 15.9 Å². The number of amides is 1. The Labute approximate surface area is 117 Å². The Hall–Kier alpha value is -1.38. The van der Waals surface area contributed by atoms with Crippen LogP contribution in [0.4, 0.5) is 0 Å². The molecule has 0 unspecified atom stereocenters. The maximum absolute atomic E-state index is 12.1. The number of furan rings is 1. The van der Waals surface area contributed by atoms with Crippen LogP contribution in [0.1, 0.15) is 30.3 Å². The zero-order chi connectivity index (χ0) is 14.8. The van der Waals surface area contributed by atoms with Crippen LogP contribution in [0.3, 0.4) is 0 Å². The highest BCUT2D eigenvalue weighted by atomic mass is 32.2. The minimum absolute atomic E-state index is 0.0217. The molecule has 0 atom stereocenters. The molecule has 20 heavy (non-hydrogen) atoms. The number of rotatable bonds is 4. The van der Waals surface area contributed by atoms with Crippen molar-refractivity contribution in [2.24, 2.45) is 0 Å². The zero-order valence-corrected chi connectivity index (χ0v) is 12.2. The lowest BCUT2D eigenvalue weighted by Crippen LogP contribution is -2.49. The van der Waals surface area contributed by atoms with E-state index in [4.69, 9.17) is 9.15 Å². The summed E-state index contributed by atoms with van der Waals surface area (Å²) in [4.78, 5) is 12.1. The molecular weight excluding hydrogens is 284 g/mol. The number of carbonyl (C=O) groups excluding carboxylic acids is 1. The molecule has 1 aromatic heterocycles. The summed E-state index contributed by atoms with van der Waals surface area (Å²) in [6.07, 6.45) is 1.42. The van der Waals surface area contributed by atoms with Gasteiger partial charge in [-0.05, 0) is 38.9 Å². The fraction of sp³-hybridized carbons (Fsp3) is 0.583. The summed E-state index contributed by atoms with van der Waals surface area (Å²) < 4.78 is 35.5. The third kappa shape index (κ3) is 3.20. The van der Waals surface area contributed by atoms with E-state index in [9.17, 15) is 13.2 Å². The molecule has 0 aliphatic carbocycles. The van der Waals surface area contributed by atoms with Gasteiger partial charge in [-0.25, -0.2) is 13.1 Å². The normalized spacial score (nSPS) is 18.7. The summed E-state index contributed by atoms with van der Waals surface area (Å²) >= 11 is 0. The fourth-order valence-corrected chi connectivity index (χ4v) is 2.62. The van der Waals surface area contributed by atoms with Gasteiger partial charge in [0.15, 0.2) is 5.76 Å². The molecule has 1 aliphatic rings. The number of hydrogen-bond acceptors (Lipinski definition) is 5. The molecule has 1 aliphatic heterocycles. The second kappa shape index (κ2) is 5.55. The molecule has 1 amide bonds. The summed E-state index contributed by atoms with van der Waals surface area (Å²) in [5.41, 5.74) is -0.357. The van der Waals surface area contributed by atoms with Crippen LogP contribution in [-0.2, 0) is 14.8 Å². The molecule has 2 rings (SSSR count). The highest BCUT2D eigenvalue weighted by Crippen LogP contribution is 2.21. The van der Waals surface area contributed by atoms with E-state index in [1.165, 1.54) is 19.2 Å². The molecule has 1 aromatic rings. The Kier molecular flexibility index (Phi) is 4.17. The number of ether oxygens (including phenoxy) is 1. The maximum Gasteiger partial charge on any atom is 0.287 e. The monoisotopic (exact) mass is 302 g/mol. The van der Waals surface area contributed by atoms with Gasteiger partial charge in [0.25, 0.3) is 15.9 Å². The van der Waals surface area contributed by atoms with Crippen LogP contribution in [-0.4, -0.2) is 40.1 Å². The number of carbonyl (C=O) groups is 1. The smallest absolute Gasteiger partial charge is 0.287 e. The lowest BCUT2D eigenvalue weighted by atomic mass is 9.92. The van der Waals surface area contributed by atoms with Crippen LogP contribution in [0.5, 0.6) is 0 Å². The van der Waals surface area contributed by atoms with Crippen molar-refractivity contribution in [3.8, 4) is 0 Å². The molecular formula is C12H18N2O5S. The minimum Gasteiger partial charge on any atom is -0.438 e. The molecule has 2 N–H and O–H groups in total. The van der Waals surface area contributed by atoms with Crippen LogP contribution in [0, 0.1) is 0 Å². The Morgan fingerprint density at radius 2 is 1.95 bits per heavy atom. The fourth-order valence-electron chi connectivity index (χ4n) is 1.97. The van der Waals surface area contributed by atoms with Crippen molar-refractivity contribution >= 4 is 15.9 Å². The van der Waals surface area contributed by atoms with Gasteiger partial charge in [0.2, 0.25) is 5.09 Å². The lowest BCUT2D eigenvalue weighted by molar-refractivity contribution is 0.0413. The molecule has 0 spiro atoms. The summed E-state index contributed by atoms with van der Waals surface area (Å²) in [5.74, 6) is -0.446. The topological polar surface area (TPSA) is 97.6 Å². The third-order valence-corrected chi connectivity index (χ3v) is 4.64. The molecule has 8 heteroatoms. The molecule has 1 saturated heterocycles. The SMILES string of the molecule is CNS(=O)(=O)c1ccc(C(=O)NC2(C)CCOCC2)o1. The van der Waals surface area contributed by atoms with Gasteiger partial charge in [0.1, 0.15) is 0 Å². The van der Waals surface area contributed by atoms with Gasteiger partial charge in [0, 0.05) is 18.8 Å². The number of sulfonamides is 1. The van der Waals surface area contributed by atoms with Crippen molar-refractivity contribution in [1.29, 1.82) is 0 Å². The average Bonchev–Trinajstić information content (AvgIpc) is 2.89. The van der Waals surface area contributed by atoms with Gasteiger partial charge in [-0.1, -0.05) is 0 Å². The first-order chi connectivity index (χ1) is 9.36. The average molecular weight is 302 g/mol. The quantitative estimate of drug-likeness (QED) is 0.843. The molecule has 0 saturated carbocycles. The van der Waals surface area contributed by atoms with E-state index in [1.54, 1.807) is 0 Å². The zero-order valence-electron chi connectivity index (χ0n) is 11.4. The van der Waals surface area contributed by atoms with Gasteiger partial charge < -0.3 is 14.5 Å². The second-order valence-corrected chi connectivity index (χ2v) is 6.77. The predicted molar refractivity (Wildman–Crippen MR) is 70.9 cm³/mol.